The molecule has 0 spiro atoms. The van der Waals surface area contributed by atoms with Crippen molar-refractivity contribution in [2.75, 3.05) is 13.7 Å². The molecule has 7 heteroatoms. The number of hydrogen-bond acceptors (Lipinski definition) is 6. The molecule has 31 heavy (non-hydrogen) atoms. The first-order chi connectivity index (χ1) is 15.1. The minimum Gasteiger partial charge on any atom is -0.497 e. The second-order valence-corrected chi connectivity index (χ2v) is 7.57. The first-order valence-electron chi connectivity index (χ1n) is 9.71. The summed E-state index contributed by atoms with van der Waals surface area (Å²) in [4.78, 5) is 17.3. The lowest BCUT2D eigenvalue weighted by atomic mass is 10.1. The third kappa shape index (κ3) is 4.56. The number of rotatable bonds is 7. The van der Waals surface area contributed by atoms with Gasteiger partial charge in [-0.15, -0.1) is 0 Å². The number of methoxy groups -OCH3 is 1. The Kier molecular flexibility index (Phi) is 6.23. The predicted octanol–water partition coefficient (Wildman–Crippen LogP) is 5.95. The average Bonchev–Trinajstić information content (AvgIpc) is 3.21. The molecule has 0 saturated heterocycles. The van der Waals surface area contributed by atoms with Crippen LogP contribution >= 0.6 is 15.9 Å². The van der Waals surface area contributed by atoms with Gasteiger partial charge in [-0.2, -0.15) is 0 Å². The van der Waals surface area contributed by atoms with Crippen LogP contribution in [-0.2, 0) is 9.53 Å². The monoisotopic (exact) mass is 481 g/mol. The number of ether oxygens (including phenoxy) is 3. The third-order valence-electron chi connectivity index (χ3n) is 4.61. The summed E-state index contributed by atoms with van der Waals surface area (Å²) in [7, 11) is 1.58. The molecule has 0 aliphatic carbocycles. The average molecular weight is 482 g/mol. The molecule has 3 aromatic carbocycles. The maximum Gasteiger partial charge on any atom is 0.352 e. The molecule has 0 radical (unpaired) electrons. The fourth-order valence-electron chi connectivity index (χ4n) is 3.16. The Balaban J connectivity index is 1.79. The predicted molar refractivity (Wildman–Crippen MR) is 120 cm³/mol. The third-order valence-corrected chi connectivity index (χ3v) is 5.10. The number of carbonyl (C=O) groups excluding carboxylic acids is 1. The topological polar surface area (TPSA) is 70.8 Å². The van der Waals surface area contributed by atoms with Gasteiger partial charge in [0.15, 0.2) is 5.58 Å². The van der Waals surface area contributed by atoms with Crippen molar-refractivity contribution in [1.82, 2.24) is 4.98 Å². The number of oxazole rings is 1. The Morgan fingerprint density at radius 2 is 1.94 bits per heavy atom. The summed E-state index contributed by atoms with van der Waals surface area (Å²) in [5.74, 6) is 0.914. The zero-order chi connectivity index (χ0) is 21.8. The largest absolute Gasteiger partial charge is 0.497 e. The quantitative estimate of drug-likeness (QED) is 0.303. The van der Waals surface area contributed by atoms with Crippen LogP contribution in [0.1, 0.15) is 18.6 Å². The molecule has 1 heterocycles. The highest BCUT2D eigenvalue weighted by atomic mass is 79.9. The molecule has 6 nitrogen and oxygen atoms in total. The number of esters is 1. The molecule has 4 aromatic rings. The standard InChI is InChI=1S/C24H20BrNO5/c1-3-29-24(27)22(15-7-6-8-16(25)13-15)30-20-12-11-17(28-2)14-18(20)23-26-19-9-4-5-10-21(19)31-23/h4-14,22H,3H2,1-2H3. The normalized spacial score (nSPS) is 11.8. The van der Waals surface area contributed by atoms with Crippen LogP contribution in [0.2, 0.25) is 0 Å². The highest BCUT2D eigenvalue weighted by Crippen LogP contribution is 2.37. The van der Waals surface area contributed by atoms with Crippen LogP contribution in [0.15, 0.2) is 75.6 Å². The Morgan fingerprint density at radius 3 is 2.68 bits per heavy atom. The lowest BCUT2D eigenvalue weighted by Crippen LogP contribution is -2.21. The molecule has 0 amide bonds. The zero-order valence-corrected chi connectivity index (χ0v) is 18.6. The van der Waals surface area contributed by atoms with Crippen molar-refractivity contribution in [3.63, 3.8) is 0 Å². The molecule has 1 unspecified atom stereocenters. The van der Waals surface area contributed by atoms with E-state index in [4.69, 9.17) is 18.6 Å². The Labute approximate surface area is 187 Å². The summed E-state index contributed by atoms with van der Waals surface area (Å²) in [6, 6.07) is 20.1. The maximum absolute atomic E-state index is 12.7. The minimum atomic E-state index is -0.964. The van der Waals surface area contributed by atoms with Crippen molar-refractivity contribution in [1.29, 1.82) is 0 Å². The van der Waals surface area contributed by atoms with E-state index in [9.17, 15) is 4.79 Å². The van der Waals surface area contributed by atoms with Crippen molar-refractivity contribution < 1.29 is 23.4 Å². The highest BCUT2D eigenvalue weighted by Gasteiger charge is 2.27. The van der Waals surface area contributed by atoms with Gasteiger partial charge in [-0.3, -0.25) is 0 Å². The fraction of sp³-hybridized carbons (Fsp3) is 0.167. The van der Waals surface area contributed by atoms with Gasteiger partial charge < -0.3 is 18.6 Å². The number of para-hydroxylation sites is 2. The van der Waals surface area contributed by atoms with Gasteiger partial charge in [0.2, 0.25) is 12.0 Å². The van der Waals surface area contributed by atoms with Gasteiger partial charge in [-0.25, -0.2) is 9.78 Å². The number of halogens is 1. The smallest absolute Gasteiger partial charge is 0.352 e. The zero-order valence-electron chi connectivity index (χ0n) is 17.0. The van der Waals surface area contributed by atoms with Crippen LogP contribution in [0.3, 0.4) is 0 Å². The van der Waals surface area contributed by atoms with E-state index in [1.54, 1.807) is 32.2 Å². The Hall–Kier alpha value is -3.32. The van der Waals surface area contributed by atoms with Gasteiger partial charge in [-0.1, -0.05) is 40.2 Å². The number of aromatic nitrogens is 1. The second kappa shape index (κ2) is 9.22. The minimum absolute atomic E-state index is 0.243. The number of carbonyl (C=O) groups is 1. The molecule has 0 fully saturated rings. The summed E-state index contributed by atoms with van der Waals surface area (Å²) >= 11 is 3.44. The van der Waals surface area contributed by atoms with Crippen molar-refractivity contribution in [2.24, 2.45) is 0 Å². The Bertz CT molecular complexity index is 1190. The summed E-state index contributed by atoms with van der Waals surface area (Å²) in [6.07, 6.45) is -0.964. The molecule has 1 atom stereocenters. The molecule has 4 rings (SSSR count). The van der Waals surface area contributed by atoms with Crippen LogP contribution in [0.25, 0.3) is 22.6 Å². The molecule has 1 aromatic heterocycles. The summed E-state index contributed by atoms with van der Waals surface area (Å²) in [6.45, 7) is 2.00. The lowest BCUT2D eigenvalue weighted by molar-refractivity contribution is -0.151. The number of fused-ring (bicyclic) bond motifs is 1. The van der Waals surface area contributed by atoms with E-state index in [0.29, 0.717) is 34.1 Å². The molecular formula is C24H20BrNO5. The van der Waals surface area contributed by atoms with Gasteiger partial charge in [0.1, 0.15) is 17.0 Å². The van der Waals surface area contributed by atoms with E-state index in [1.807, 2.05) is 48.5 Å². The molecule has 0 saturated carbocycles. The van der Waals surface area contributed by atoms with Crippen molar-refractivity contribution in [3.05, 3.63) is 76.8 Å². The van der Waals surface area contributed by atoms with E-state index in [0.717, 1.165) is 9.99 Å². The number of hydrogen-bond donors (Lipinski definition) is 0. The summed E-state index contributed by atoms with van der Waals surface area (Å²) < 4.78 is 23.6. The summed E-state index contributed by atoms with van der Waals surface area (Å²) in [5.41, 5.74) is 2.60. The maximum atomic E-state index is 12.7. The van der Waals surface area contributed by atoms with Crippen molar-refractivity contribution in [3.8, 4) is 23.0 Å². The van der Waals surface area contributed by atoms with Gasteiger partial charge in [0, 0.05) is 10.0 Å². The molecule has 0 aliphatic rings. The van der Waals surface area contributed by atoms with E-state index in [-0.39, 0.29) is 6.61 Å². The van der Waals surface area contributed by atoms with Gasteiger partial charge in [0.25, 0.3) is 0 Å². The second-order valence-electron chi connectivity index (χ2n) is 6.65. The van der Waals surface area contributed by atoms with Crippen LogP contribution in [0, 0.1) is 0 Å². The van der Waals surface area contributed by atoms with Crippen molar-refractivity contribution >= 4 is 33.0 Å². The van der Waals surface area contributed by atoms with Gasteiger partial charge in [-0.05, 0) is 49.4 Å². The highest BCUT2D eigenvalue weighted by molar-refractivity contribution is 9.10. The van der Waals surface area contributed by atoms with E-state index in [1.165, 1.54) is 0 Å². The summed E-state index contributed by atoms with van der Waals surface area (Å²) in [5, 5.41) is 0. The first-order valence-corrected chi connectivity index (χ1v) is 10.5. The molecular weight excluding hydrogens is 462 g/mol. The van der Waals surface area contributed by atoms with E-state index in [2.05, 4.69) is 20.9 Å². The Morgan fingerprint density at radius 1 is 1.10 bits per heavy atom. The molecule has 0 aliphatic heterocycles. The van der Waals surface area contributed by atoms with Gasteiger partial charge in [0.05, 0.1) is 19.3 Å². The number of benzene rings is 3. The van der Waals surface area contributed by atoms with Crippen LogP contribution in [0.5, 0.6) is 11.5 Å². The first kappa shape index (κ1) is 20.9. The molecule has 0 bridgehead atoms. The van der Waals surface area contributed by atoms with Crippen LogP contribution in [0.4, 0.5) is 0 Å². The van der Waals surface area contributed by atoms with Crippen LogP contribution < -0.4 is 9.47 Å². The lowest BCUT2D eigenvalue weighted by Gasteiger charge is -2.20. The molecule has 158 valence electrons. The van der Waals surface area contributed by atoms with E-state index < -0.39 is 12.1 Å². The van der Waals surface area contributed by atoms with Crippen LogP contribution in [-0.4, -0.2) is 24.7 Å². The fourth-order valence-corrected chi connectivity index (χ4v) is 3.58. The SMILES string of the molecule is CCOC(=O)C(Oc1ccc(OC)cc1-c1nc2ccccc2o1)c1cccc(Br)c1. The van der Waals surface area contributed by atoms with E-state index >= 15 is 0 Å². The molecule has 0 N–H and O–H groups in total. The van der Waals surface area contributed by atoms with Gasteiger partial charge >= 0.3 is 5.97 Å². The van der Waals surface area contributed by atoms with Crippen molar-refractivity contribution in [2.45, 2.75) is 13.0 Å². The number of nitrogens with zero attached hydrogens (tertiary/aromatic N) is 1.